The number of benzene rings is 2. The molecule has 1 N–H and O–H groups in total. The molecule has 4 rings (SSSR count). The molecule has 0 atom stereocenters. The summed E-state index contributed by atoms with van der Waals surface area (Å²) in [4.78, 5) is 13.6. The minimum atomic E-state index is -3.46. The molecule has 1 aliphatic carbocycles. The predicted molar refractivity (Wildman–Crippen MR) is 146 cm³/mol. The molecule has 2 aromatic rings. The van der Waals surface area contributed by atoms with Gasteiger partial charge in [-0.25, -0.2) is 8.42 Å². The zero-order chi connectivity index (χ0) is 26.1. The van der Waals surface area contributed by atoms with Crippen molar-refractivity contribution in [3.63, 3.8) is 0 Å². The molecule has 1 heterocycles. The molecular formula is C29H36N2O5S. The zero-order valence-corrected chi connectivity index (χ0v) is 22.0. The van der Waals surface area contributed by atoms with Gasteiger partial charge in [0.05, 0.1) is 19.0 Å². The van der Waals surface area contributed by atoms with Crippen LogP contribution in [0.15, 0.2) is 60.7 Å². The van der Waals surface area contributed by atoms with Gasteiger partial charge in [0, 0.05) is 26.2 Å². The van der Waals surface area contributed by atoms with Crippen LogP contribution in [-0.2, 0) is 32.5 Å². The Kier molecular flexibility index (Phi) is 9.82. The summed E-state index contributed by atoms with van der Waals surface area (Å²) in [7, 11) is -3.46. The number of carbonyl (C=O) groups is 1. The Morgan fingerprint density at radius 1 is 1.08 bits per heavy atom. The number of morpholine rings is 1. The largest absolute Gasteiger partial charge is 0.388 e. The van der Waals surface area contributed by atoms with E-state index >= 15 is 0 Å². The standard InChI is InChI=1S/C29H36N2O5S/c32-23-28(33)13-10-24-6-8-25(9-7-24)22-31(16-14-27-12-11-26-4-1-2-5-29(26)27)37(34,35)21-3-15-30-17-19-36-20-18-30/h1-2,4-10,12-13,32H,3,11,14-23H2/b13-10+. The molecular weight excluding hydrogens is 488 g/mol. The second-order valence-corrected chi connectivity index (χ2v) is 11.6. The summed E-state index contributed by atoms with van der Waals surface area (Å²) in [5, 5.41) is 8.88. The van der Waals surface area contributed by atoms with Gasteiger partial charge in [-0.1, -0.05) is 60.7 Å². The lowest BCUT2D eigenvalue weighted by molar-refractivity contribution is -0.117. The van der Waals surface area contributed by atoms with Crippen LogP contribution < -0.4 is 0 Å². The number of nitrogens with zero attached hydrogens (tertiary/aromatic N) is 2. The SMILES string of the molecule is O=C(/C=C/c1ccc(CN(CCC2=CCc3ccccc32)S(=O)(=O)CCCN2CCOCC2)cc1)CO. The molecule has 198 valence electrons. The summed E-state index contributed by atoms with van der Waals surface area (Å²) in [5.41, 5.74) is 5.43. The number of aliphatic hydroxyl groups excluding tert-OH is 1. The average Bonchev–Trinajstić information content (AvgIpc) is 3.33. The van der Waals surface area contributed by atoms with Gasteiger partial charge in [0.2, 0.25) is 10.0 Å². The number of ether oxygens (including phenoxy) is 1. The summed E-state index contributed by atoms with van der Waals surface area (Å²) in [6.45, 7) is 4.06. The van der Waals surface area contributed by atoms with Crippen molar-refractivity contribution in [1.29, 1.82) is 0 Å². The van der Waals surface area contributed by atoms with E-state index in [1.54, 1.807) is 10.4 Å². The molecule has 37 heavy (non-hydrogen) atoms. The maximum absolute atomic E-state index is 13.5. The topological polar surface area (TPSA) is 87.2 Å². The molecule has 0 bridgehead atoms. The number of hydrogen-bond acceptors (Lipinski definition) is 6. The van der Waals surface area contributed by atoms with Gasteiger partial charge in [0.25, 0.3) is 0 Å². The van der Waals surface area contributed by atoms with Crippen LogP contribution in [0.1, 0.15) is 35.1 Å². The number of rotatable bonds is 13. The third-order valence-corrected chi connectivity index (χ3v) is 8.80. The van der Waals surface area contributed by atoms with Gasteiger partial charge in [-0.2, -0.15) is 4.31 Å². The first-order chi connectivity index (χ1) is 17.9. The Labute approximate surface area is 220 Å². The predicted octanol–water partition coefficient (Wildman–Crippen LogP) is 3.15. The van der Waals surface area contributed by atoms with Crippen LogP contribution in [0.3, 0.4) is 0 Å². The maximum atomic E-state index is 13.5. The van der Waals surface area contributed by atoms with Crippen LogP contribution in [0.25, 0.3) is 11.6 Å². The van der Waals surface area contributed by atoms with E-state index in [9.17, 15) is 13.2 Å². The molecule has 0 amide bonds. The van der Waals surface area contributed by atoms with E-state index in [0.29, 0.717) is 39.1 Å². The van der Waals surface area contributed by atoms with Crippen molar-refractivity contribution in [1.82, 2.24) is 9.21 Å². The van der Waals surface area contributed by atoms with E-state index in [1.807, 2.05) is 36.4 Å². The molecule has 0 radical (unpaired) electrons. The molecule has 1 aliphatic heterocycles. The Balaban J connectivity index is 1.43. The normalized spacial score (nSPS) is 16.3. The Hall–Kier alpha value is -2.62. The third kappa shape index (κ3) is 7.93. The van der Waals surface area contributed by atoms with Gasteiger partial charge in [0.15, 0.2) is 5.78 Å². The number of fused-ring (bicyclic) bond motifs is 1. The summed E-state index contributed by atoms with van der Waals surface area (Å²) in [6.07, 6.45) is 7.35. The second-order valence-electron chi connectivity index (χ2n) is 9.50. The first-order valence-electron chi connectivity index (χ1n) is 12.9. The molecule has 0 spiro atoms. The highest BCUT2D eigenvalue weighted by atomic mass is 32.2. The van der Waals surface area contributed by atoms with E-state index < -0.39 is 16.6 Å². The van der Waals surface area contributed by atoms with E-state index in [1.165, 1.54) is 22.8 Å². The molecule has 1 fully saturated rings. The van der Waals surface area contributed by atoms with Crippen LogP contribution in [0.5, 0.6) is 0 Å². The monoisotopic (exact) mass is 524 g/mol. The lowest BCUT2D eigenvalue weighted by atomic mass is 10.0. The van der Waals surface area contributed by atoms with Gasteiger partial charge < -0.3 is 9.84 Å². The summed E-state index contributed by atoms with van der Waals surface area (Å²) >= 11 is 0. The van der Waals surface area contributed by atoms with Crippen molar-refractivity contribution in [3.8, 4) is 0 Å². The fourth-order valence-electron chi connectivity index (χ4n) is 4.76. The number of ketones is 1. The van der Waals surface area contributed by atoms with Gasteiger partial charge in [-0.05, 0) is 59.7 Å². The van der Waals surface area contributed by atoms with Gasteiger partial charge in [-0.15, -0.1) is 0 Å². The minimum Gasteiger partial charge on any atom is -0.388 e. The fourth-order valence-corrected chi connectivity index (χ4v) is 6.22. The van der Waals surface area contributed by atoms with Gasteiger partial charge in [0.1, 0.15) is 6.61 Å². The van der Waals surface area contributed by atoms with Crippen LogP contribution >= 0.6 is 0 Å². The average molecular weight is 525 g/mol. The highest BCUT2D eigenvalue weighted by Gasteiger charge is 2.24. The summed E-state index contributed by atoms with van der Waals surface area (Å²) in [6, 6.07) is 15.8. The zero-order valence-electron chi connectivity index (χ0n) is 21.2. The Bertz CT molecular complexity index is 1220. The number of sulfonamides is 1. The van der Waals surface area contributed by atoms with Crippen molar-refractivity contribution in [2.75, 3.05) is 51.8 Å². The molecule has 2 aliphatic rings. The van der Waals surface area contributed by atoms with Gasteiger partial charge >= 0.3 is 0 Å². The lowest BCUT2D eigenvalue weighted by Gasteiger charge is -2.27. The smallest absolute Gasteiger partial charge is 0.214 e. The molecule has 0 saturated carbocycles. The van der Waals surface area contributed by atoms with Crippen molar-refractivity contribution < 1.29 is 23.1 Å². The van der Waals surface area contributed by atoms with Crippen molar-refractivity contribution >= 4 is 27.5 Å². The fraction of sp³-hybridized carbons (Fsp3) is 0.414. The third-order valence-electron chi connectivity index (χ3n) is 6.89. The van der Waals surface area contributed by atoms with Crippen molar-refractivity contribution in [2.45, 2.75) is 25.8 Å². The van der Waals surface area contributed by atoms with Crippen LogP contribution in [-0.4, -0.2) is 80.3 Å². The molecule has 7 nitrogen and oxygen atoms in total. The van der Waals surface area contributed by atoms with E-state index in [4.69, 9.17) is 9.84 Å². The molecule has 8 heteroatoms. The van der Waals surface area contributed by atoms with Crippen LogP contribution in [0.2, 0.25) is 0 Å². The van der Waals surface area contributed by atoms with E-state index in [-0.39, 0.29) is 11.5 Å². The maximum Gasteiger partial charge on any atom is 0.214 e. The molecule has 1 saturated heterocycles. The molecule has 0 aromatic heterocycles. The summed E-state index contributed by atoms with van der Waals surface area (Å²) in [5.74, 6) is -0.245. The first-order valence-corrected chi connectivity index (χ1v) is 14.5. The number of aliphatic hydroxyl groups is 1. The number of allylic oxidation sites excluding steroid dienone is 1. The first kappa shape index (κ1) is 27.4. The van der Waals surface area contributed by atoms with Crippen LogP contribution in [0.4, 0.5) is 0 Å². The number of hydrogen-bond donors (Lipinski definition) is 1. The highest BCUT2D eigenvalue weighted by molar-refractivity contribution is 7.89. The summed E-state index contributed by atoms with van der Waals surface area (Å²) < 4.78 is 34.0. The van der Waals surface area contributed by atoms with E-state index in [2.05, 4.69) is 23.1 Å². The molecule has 2 aromatic carbocycles. The highest BCUT2D eigenvalue weighted by Crippen LogP contribution is 2.30. The Morgan fingerprint density at radius 2 is 1.84 bits per heavy atom. The van der Waals surface area contributed by atoms with Crippen LogP contribution in [0, 0.1) is 0 Å². The van der Waals surface area contributed by atoms with Crippen molar-refractivity contribution in [3.05, 3.63) is 82.9 Å². The van der Waals surface area contributed by atoms with Crippen molar-refractivity contribution in [2.24, 2.45) is 0 Å². The quantitative estimate of drug-likeness (QED) is 0.405. The van der Waals surface area contributed by atoms with Gasteiger partial charge in [-0.3, -0.25) is 9.69 Å². The molecule has 0 unspecified atom stereocenters. The number of carbonyl (C=O) groups excluding carboxylic acids is 1. The lowest BCUT2D eigenvalue weighted by Crippen LogP contribution is -2.38. The van der Waals surface area contributed by atoms with E-state index in [0.717, 1.165) is 37.2 Å². The second kappa shape index (κ2) is 13.3. The Morgan fingerprint density at radius 3 is 2.59 bits per heavy atom. The minimum absolute atomic E-state index is 0.115.